The summed E-state index contributed by atoms with van der Waals surface area (Å²) in [5.41, 5.74) is 10.2. The summed E-state index contributed by atoms with van der Waals surface area (Å²) < 4.78 is 0. The average molecular weight is 258 g/mol. The van der Waals surface area contributed by atoms with Gasteiger partial charge in [-0.25, -0.2) is 0 Å². The highest BCUT2D eigenvalue weighted by molar-refractivity contribution is 5.53. The van der Waals surface area contributed by atoms with Crippen molar-refractivity contribution in [1.82, 2.24) is 4.90 Å². The molecule has 0 atom stereocenters. The molecular formula is C14H20N5. The highest BCUT2D eigenvalue weighted by Gasteiger charge is 2.17. The fourth-order valence-electron chi connectivity index (χ4n) is 2.39. The number of hydrogen-bond acceptors (Lipinski definition) is 3. The SMILES string of the molecule is C[C](C)CN1CCN(c2ccc(N=[N+]=[N-])cc2)CC1. The van der Waals surface area contributed by atoms with Crippen molar-refractivity contribution >= 4 is 11.4 Å². The van der Waals surface area contributed by atoms with Crippen LogP contribution >= 0.6 is 0 Å². The molecule has 0 spiro atoms. The van der Waals surface area contributed by atoms with E-state index in [4.69, 9.17) is 5.53 Å². The zero-order chi connectivity index (χ0) is 13.7. The van der Waals surface area contributed by atoms with Crippen molar-refractivity contribution in [1.29, 1.82) is 0 Å². The summed E-state index contributed by atoms with van der Waals surface area (Å²) in [5, 5.41) is 3.59. The van der Waals surface area contributed by atoms with E-state index in [1.165, 1.54) is 11.6 Å². The molecule has 5 nitrogen and oxygen atoms in total. The molecule has 0 N–H and O–H groups in total. The number of azide groups is 1. The molecule has 0 saturated carbocycles. The molecule has 1 aliphatic heterocycles. The Kier molecular flexibility index (Phi) is 4.66. The average Bonchev–Trinajstić information content (AvgIpc) is 2.40. The molecule has 0 aliphatic carbocycles. The van der Waals surface area contributed by atoms with Crippen LogP contribution in [-0.2, 0) is 0 Å². The summed E-state index contributed by atoms with van der Waals surface area (Å²) in [6.07, 6.45) is 0. The van der Waals surface area contributed by atoms with Crippen molar-refractivity contribution in [3.8, 4) is 0 Å². The lowest BCUT2D eigenvalue weighted by molar-refractivity contribution is 0.267. The van der Waals surface area contributed by atoms with Crippen LogP contribution in [-0.4, -0.2) is 37.6 Å². The highest BCUT2D eigenvalue weighted by Crippen LogP contribution is 2.21. The Bertz CT molecular complexity index is 439. The van der Waals surface area contributed by atoms with Gasteiger partial charge in [0, 0.05) is 49.0 Å². The van der Waals surface area contributed by atoms with Gasteiger partial charge in [-0.05, 0) is 23.6 Å². The first-order chi connectivity index (χ1) is 9.19. The molecule has 1 heterocycles. The van der Waals surface area contributed by atoms with Gasteiger partial charge in [0.1, 0.15) is 0 Å². The lowest BCUT2D eigenvalue weighted by Crippen LogP contribution is -2.47. The number of hydrogen-bond donors (Lipinski definition) is 0. The van der Waals surface area contributed by atoms with Gasteiger partial charge in [-0.3, -0.25) is 4.90 Å². The van der Waals surface area contributed by atoms with Crippen molar-refractivity contribution in [2.24, 2.45) is 5.11 Å². The number of benzene rings is 1. The van der Waals surface area contributed by atoms with E-state index < -0.39 is 0 Å². The summed E-state index contributed by atoms with van der Waals surface area (Å²) in [6.45, 7) is 9.76. The van der Waals surface area contributed by atoms with Crippen LogP contribution in [0.15, 0.2) is 29.4 Å². The maximum atomic E-state index is 8.38. The smallest absolute Gasteiger partial charge is 0.0376 e. The molecule has 2 rings (SSSR count). The molecule has 1 aromatic rings. The predicted octanol–water partition coefficient (Wildman–Crippen LogP) is 3.36. The molecule has 1 radical (unpaired) electrons. The van der Waals surface area contributed by atoms with Gasteiger partial charge < -0.3 is 4.90 Å². The normalized spacial score (nSPS) is 16.5. The van der Waals surface area contributed by atoms with Crippen LogP contribution in [0.5, 0.6) is 0 Å². The lowest BCUT2D eigenvalue weighted by Gasteiger charge is -2.36. The Labute approximate surface area is 114 Å². The zero-order valence-electron chi connectivity index (χ0n) is 11.6. The van der Waals surface area contributed by atoms with Gasteiger partial charge in [-0.2, -0.15) is 0 Å². The van der Waals surface area contributed by atoms with Crippen molar-refractivity contribution in [3.05, 3.63) is 40.6 Å². The molecule has 1 fully saturated rings. The molecule has 5 heteroatoms. The minimum atomic E-state index is 0.668. The topological polar surface area (TPSA) is 55.2 Å². The van der Waals surface area contributed by atoms with E-state index in [0.29, 0.717) is 5.69 Å². The molecule has 1 aromatic carbocycles. The van der Waals surface area contributed by atoms with Crippen LogP contribution in [0.1, 0.15) is 13.8 Å². The Morgan fingerprint density at radius 3 is 2.32 bits per heavy atom. The molecule has 0 bridgehead atoms. The highest BCUT2D eigenvalue weighted by atomic mass is 15.3. The van der Waals surface area contributed by atoms with E-state index in [1.54, 1.807) is 0 Å². The van der Waals surface area contributed by atoms with Crippen molar-refractivity contribution in [2.75, 3.05) is 37.6 Å². The zero-order valence-corrected chi connectivity index (χ0v) is 11.6. The summed E-state index contributed by atoms with van der Waals surface area (Å²) >= 11 is 0. The van der Waals surface area contributed by atoms with Gasteiger partial charge in [0.2, 0.25) is 0 Å². The molecule has 0 unspecified atom stereocenters. The Morgan fingerprint density at radius 2 is 1.79 bits per heavy atom. The largest absolute Gasteiger partial charge is 0.369 e. The van der Waals surface area contributed by atoms with Crippen LogP contribution < -0.4 is 4.90 Å². The van der Waals surface area contributed by atoms with E-state index >= 15 is 0 Å². The van der Waals surface area contributed by atoms with Gasteiger partial charge in [0.15, 0.2) is 0 Å². The number of rotatable bonds is 4. The van der Waals surface area contributed by atoms with Crippen LogP contribution in [0.3, 0.4) is 0 Å². The van der Waals surface area contributed by atoms with E-state index in [-0.39, 0.29) is 0 Å². The molecule has 1 aliphatic rings. The molecule has 0 aromatic heterocycles. The van der Waals surface area contributed by atoms with Gasteiger partial charge >= 0.3 is 0 Å². The monoisotopic (exact) mass is 258 g/mol. The molecular weight excluding hydrogens is 238 g/mol. The van der Waals surface area contributed by atoms with Crippen LogP contribution in [0.25, 0.3) is 10.4 Å². The first kappa shape index (κ1) is 13.7. The Balaban J connectivity index is 1.92. The van der Waals surface area contributed by atoms with E-state index in [0.717, 1.165) is 32.7 Å². The molecule has 1 saturated heterocycles. The van der Waals surface area contributed by atoms with Gasteiger partial charge in [-0.1, -0.05) is 31.1 Å². The first-order valence-corrected chi connectivity index (χ1v) is 6.60. The maximum absolute atomic E-state index is 8.38. The van der Waals surface area contributed by atoms with Gasteiger partial charge in [-0.15, -0.1) is 0 Å². The Morgan fingerprint density at radius 1 is 1.16 bits per heavy atom. The maximum Gasteiger partial charge on any atom is 0.0376 e. The van der Waals surface area contributed by atoms with Crippen molar-refractivity contribution < 1.29 is 0 Å². The lowest BCUT2D eigenvalue weighted by atomic mass is 10.2. The fraction of sp³-hybridized carbons (Fsp3) is 0.500. The van der Waals surface area contributed by atoms with Crippen molar-refractivity contribution in [3.63, 3.8) is 0 Å². The third-order valence-corrected chi connectivity index (χ3v) is 3.29. The second-order valence-electron chi connectivity index (χ2n) is 5.18. The second-order valence-corrected chi connectivity index (χ2v) is 5.18. The van der Waals surface area contributed by atoms with Crippen LogP contribution in [0.2, 0.25) is 0 Å². The number of anilines is 1. The minimum Gasteiger partial charge on any atom is -0.369 e. The minimum absolute atomic E-state index is 0.668. The standard InChI is InChI=1S/C14H20N5/c1-12(2)11-18-7-9-19(10-8-18)14-5-3-13(4-6-14)16-17-15/h3-6H,7-11H2,1-2H3. The molecule has 101 valence electrons. The Hall–Kier alpha value is -1.71. The first-order valence-electron chi connectivity index (χ1n) is 6.60. The summed E-state index contributed by atoms with van der Waals surface area (Å²) in [6, 6.07) is 7.78. The number of piperazine rings is 1. The summed E-state index contributed by atoms with van der Waals surface area (Å²) in [7, 11) is 0. The van der Waals surface area contributed by atoms with Gasteiger partial charge in [0.05, 0.1) is 0 Å². The molecule has 19 heavy (non-hydrogen) atoms. The van der Waals surface area contributed by atoms with E-state index in [9.17, 15) is 0 Å². The predicted molar refractivity (Wildman–Crippen MR) is 78.5 cm³/mol. The van der Waals surface area contributed by atoms with Gasteiger partial charge in [0.25, 0.3) is 0 Å². The van der Waals surface area contributed by atoms with E-state index in [2.05, 4.69) is 33.7 Å². The fourth-order valence-corrected chi connectivity index (χ4v) is 2.39. The van der Waals surface area contributed by atoms with Crippen molar-refractivity contribution in [2.45, 2.75) is 13.8 Å². The quantitative estimate of drug-likeness (QED) is 0.472. The summed E-state index contributed by atoms with van der Waals surface area (Å²) in [5.74, 6) is 1.46. The van der Waals surface area contributed by atoms with Crippen LogP contribution in [0, 0.1) is 5.92 Å². The van der Waals surface area contributed by atoms with Crippen LogP contribution in [0.4, 0.5) is 11.4 Å². The summed E-state index contributed by atoms with van der Waals surface area (Å²) in [4.78, 5) is 7.65. The third kappa shape index (κ3) is 3.88. The number of nitrogens with zero attached hydrogens (tertiary/aromatic N) is 5. The van der Waals surface area contributed by atoms with E-state index in [1.807, 2.05) is 24.3 Å². The third-order valence-electron chi connectivity index (χ3n) is 3.29. The second kappa shape index (κ2) is 6.45. The molecule has 0 amide bonds.